The topological polar surface area (TPSA) is 49.9 Å². The van der Waals surface area contributed by atoms with E-state index in [0.717, 1.165) is 24.0 Å². The molecule has 0 unspecified atom stereocenters. The van der Waals surface area contributed by atoms with Crippen molar-refractivity contribution in [1.29, 1.82) is 0 Å². The highest BCUT2D eigenvalue weighted by Crippen LogP contribution is 2.19. The number of ether oxygens (including phenoxy) is 1. The Balaban J connectivity index is 2.38. The van der Waals surface area contributed by atoms with E-state index in [1.807, 2.05) is 25.4 Å². The monoisotopic (exact) mass is 205 g/mol. The van der Waals surface area contributed by atoms with Gasteiger partial charge in [-0.05, 0) is 31.6 Å². The van der Waals surface area contributed by atoms with E-state index < -0.39 is 0 Å². The first-order valence-corrected chi connectivity index (χ1v) is 5.00. The second-order valence-corrected chi connectivity index (χ2v) is 3.42. The Kier molecular flexibility index (Phi) is 2.87. The molecular weight excluding hydrogens is 190 g/mol. The van der Waals surface area contributed by atoms with Crippen LogP contribution in [0.15, 0.2) is 18.3 Å². The lowest BCUT2D eigenvalue weighted by Gasteiger charge is -2.00. The lowest BCUT2D eigenvalue weighted by molar-refractivity contribution is 0.399. The van der Waals surface area contributed by atoms with Gasteiger partial charge in [-0.15, -0.1) is 0 Å². The molecule has 0 fully saturated rings. The van der Waals surface area contributed by atoms with Gasteiger partial charge in [-0.2, -0.15) is 0 Å². The van der Waals surface area contributed by atoms with Crippen LogP contribution in [-0.2, 0) is 6.42 Å². The van der Waals surface area contributed by atoms with Gasteiger partial charge in [0.25, 0.3) is 0 Å². The number of aromatic nitrogens is 2. The summed E-state index contributed by atoms with van der Waals surface area (Å²) in [5, 5.41) is 3.13. The van der Waals surface area contributed by atoms with Crippen molar-refractivity contribution in [3.63, 3.8) is 0 Å². The Morgan fingerprint density at radius 2 is 2.33 bits per heavy atom. The van der Waals surface area contributed by atoms with E-state index in [9.17, 15) is 0 Å². The van der Waals surface area contributed by atoms with E-state index in [1.165, 1.54) is 5.56 Å². The minimum atomic E-state index is 0.660. The van der Waals surface area contributed by atoms with Crippen LogP contribution in [0.1, 0.15) is 5.56 Å². The van der Waals surface area contributed by atoms with Gasteiger partial charge in [0.05, 0.1) is 18.1 Å². The highest BCUT2D eigenvalue weighted by atomic mass is 16.5. The van der Waals surface area contributed by atoms with Crippen LogP contribution in [0.4, 0.5) is 0 Å². The van der Waals surface area contributed by atoms with E-state index >= 15 is 0 Å². The molecule has 0 aliphatic rings. The lowest BCUT2D eigenvalue weighted by Crippen LogP contribution is -2.10. The predicted molar refractivity (Wildman–Crippen MR) is 60.3 cm³/mol. The van der Waals surface area contributed by atoms with E-state index in [-0.39, 0.29) is 0 Å². The minimum absolute atomic E-state index is 0.660. The zero-order valence-corrected chi connectivity index (χ0v) is 9.00. The second-order valence-electron chi connectivity index (χ2n) is 3.42. The molecule has 0 bridgehead atoms. The van der Waals surface area contributed by atoms with Crippen LogP contribution in [0.2, 0.25) is 0 Å². The number of fused-ring (bicyclic) bond motifs is 1. The van der Waals surface area contributed by atoms with Crippen molar-refractivity contribution in [2.45, 2.75) is 6.42 Å². The molecule has 0 radical (unpaired) electrons. The molecular formula is C11H15N3O. The van der Waals surface area contributed by atoms with Gasteiger partial charge >= 0.3 is 0 Å². The summed E-state index contributed by atoms with van der Waals surface area (Å²) in [6, 6.07) is 3.85. The van der Waals surface area contributed by atoms with Crippen LogP contribution in [0.3, 0.4) is 0 Å². The fraction of sp³-hybridized carbons (Fsp3) is 0.364. The summed E-state index contributed by atoms with van der Waals surface area (Å²) in [6.45, 7) is 0.950. The van der Waals surface area contributed by atoms with E-state index in [0.29, 0.717) is 5.88 Å². The number of nitrogens with zero attached hydrogens (tertiary/aromatic N) is 1. The highest BCUT2D eigenvalue weighted by molar-refractivity contribution is 5.79. The SMILES string of the molecule is CNCCc1c[nH]c2ccc(OC)nc12. The first kappa shape index (κ1) is 9.98. The smallest absolute Gasteiger partial charge is 0.213 e. The molecule has 15 heavy (non-hydrogen) atoms. The zero-order chi connectivity index (χ0) is 10.7. The molecule has 0 aliphatic carbocycles. The molecule has 2 heterocycles. The Bertz CT molecular complexity index is 450. The third-order valence-electron chi connectivity index (χ3n) is 2.43. The van der Waals surface area contributed by atoms with Crippen LogP contribution in [0, 0.1) is 0 Å². The number of methoxy groups -OCH3 is 1. The molecule has 0 saturated heterocycles. The predicted octanol–water partition coefficient (Wildman–Crippen LogP) is 1.33. The Morgan fingerprint density at radius 1 is 1.47 bits per heavy atom. The van der Waals surface area contributed by atoms with E-state index in [4.69, 9.17) is 4.74 Å². The zero-order valence-electron chi connectivity index (χ0n) is 9.00. The van der Waals surface area contributed by atoms with Gasteiger partial charge in [0, 0.05) is 12.3 Å². The molecule has 2 aromatic rings. The van der Waals surface area contributed by atoms with Crippen LogP contribution in [-0.4, -0.2) is 30.7 Å². The van der Waals surface area contributed by atoms with E-state index in [2.05, 4.69) is 15.3 Å². The largest absolute Gasteiger partial charge is 0.481 e. The van der Waals surface area contributed by atoms with Crippen LogP contribution >= 0.6 is 0 Å². The summed E-state index contributed by atoms with van der Waals surface area (Å²) in [5.74, 6) is 0.660. The fourth-order valence-electron chi connectivity index (χ4n) is 1.60. The highest BCUT2D eigenvalue weighted by Gasteiger charge is 2.05. The summed E-state index contributed by atoms with van der Waals surface area (Å²) < 4.78 is 5.11. The van der Waals surface area contributed by atoms with Crippen molar-refractivity contribution in [1.82, 2.24) is 15.3 Å². The fourth-order valence-corrected chi connectivity index (χ4v) is 1.60. The van der Waals surface area contributed by atoms with Crippen molar-refractivity contribution in [2.75, 3.05) is 20.7 Å². The number of hydrogen-bond donors (Lipinski definition) is 2. The van der Waals surface area contributed by atoms with Gasteiger partial charge in [-0.1, -0.05) is 0 Å². The van der Waals surface area contributed by atoms with Gasteiger partial charge < -0.3 is 15.0 Å². The Morgan fingerprint density at radius 3 is 3.07 bits per heavy atom. The molecule has 0 amide bonds. The molecule has 0 aromatic carbocycles. The maximum absolute atomic E-state index is 5.11. The quantitative estimate of drug-likeness (QED) is 0.791. The molecule has 4 heteroatoms. The number of nitrogens with one attached hydrogen (secondary N) is 2. The second kappa shape index (κ2) is 4.31. The first-order valence-electron chi connectivity index (χ1n) is 5.00. The van der Waals surface area contributed by atoms with Gasteiger partial charge in [0.2, 0.25) is 5.88 Å². The molecule has 80 valence electrons. The Hall–Kier alpha value is -1.55. The normalized spacial score (nSPS) is 10.8. The van der Waals surface area contributed by atoms with Crippen molar-refractivity contribution < 1.29 is 4.74 Å². The van der Waals surface area contributed by atoms with Gasteiger partial charge in [0.1, 0.15) is 0 Å². The van der Waals surface area contributed by atoms with Gasteiger partial charge in [-0.25, -0.2) is 4.98 Å². The summed E-state index contributed by atoms with van der Waals surface area (Å²) in [4.78, 5) is 7.63. The number of H-pyrrole nitrogens is 1. The summed E-state index contributed by atoms with van der Waals surface area (Å²) in [7, 11) is 3.58. The molecule has 4 nitrogen and oxygen atoms in total. The van der Waals surface area contributed by atoms with Crippen LogP contribution in [0.25, 0.3) is 11.0 Å². The molecule has 2 N–H and O–H groups in total. The van der Waals surface area contributed by atoms with Gasteiger partial charge in [-0.3, -0.25) is 0 Å². The molecule has 0 aliphatic heterocycles. The summed E-state index contributed by atoms with van der Waals surface area (Å²) in [5.41, 5.74) is 3.28. The van der Waals surface area contributed by atoms with Crippen molar-refractivity contribution in [3.05, 3.63) is 23.9 Å². The average molecular weight is 205 g/mol. The number of hydrogen-bond acceptors (Lipinski definition) is 3. The maximum atomic E-state index is 5.11. The number of pyridine rings is 1. The summed E-state index contributed by atoms with van der Waals surface area (Å²) in [6.07, 6.45) is 2.98. The van der Waals surface area contributed by atoms with Crippen molar-refractivity contribution in [3.8, 4) is 5.88 Å². The summed E-state index contributed by atoms with van der Waals surface area (Å²) >= 11 is 0. The van der Waals surface area contributed by atoms with Crippen LogP contribution < -0.4 is 10.1 Å². The van der Waals surface area contributed by atoms with Crippen LogP contribution in [0.5, 0.6) is 5.88 Å². The number of likely N-dealkylation sites (N-methyl/N-ethyl adjacent to an activating group) is 1. The molecule has 0 spiro atoms. The third kappa shape index (κ3) is 1.94. The van der Waals surface area contributed by atoms with Crippen molar-refractivity contribution in [2.24, 2.45) is 0 Å². The molecule has 2 rings (SSSR count). The van der Waals surface area contributed by atoms with Gasteiger partial charge in [0.15, 0.2) is 0 Å². The number of aromatic amines is 1. The lowest BCUT2D eigenvalue weighted by atomic mass is 10.2. The average Bonchev–Trinajstić information content (AvgIpc) is 2.68. The third-order valence-corrected chi connectivity index (χ3v) is 2.43. The Labute approximate surface area is 88.7 Å². The minimum Gasteiger partial charge on any atom is -0.481 e. The molecule has 0 atom stereocenters. The molecule has 2 aromatic heterocycles. The first-order chi connectivity index (χ1) is 7.35. The standard InChI is InChI=1S/C11H15N3O/c1-12-6-5-8-7-13-9-3-4-10(15-2)14-11(8)9/h3-4,7,12-13H,5-6H2,1-2H3. The molecule has 0 saturated carbocycles. The maximum Gasteiger partial charge on any atom is 0.213 e. The van der Waals surface area contributed by atoms with Crippen molar-refractivity contribution >= 4 is 11.0 Å². The van der Waals surface area contributed by atoms with E-state index in [1.54, 1.807) is 7.11 Å². The number of rotatable bonds is 4.